The monoisotopic (exact) mass is 370 g/mol. The lowest BCUT2D eigenvalue weighted by atomic mass is 10.0. The molecule has 27 heavy (non-hydrogen) atoms. The molecule has 2 aromatic carbocycles. The minimum absolute atomic E-state index is 0.0256. The number of rotatable bonds is 8. The van der Waals surface area contributed by atoms with Gasteiger partial charge >= 0.3 is 12.1 Å². The first-order chi connectivity index (χ1) is 12.9. The number of benzene rings is 2. The number of Topliss-reactive ketones (excluding diaryl/α,β-unsaturated/α-hetero) is 1. The van der Waals surface area contributed by atoms with Crippen LogP contribution in [0.5, 0.6) is 0 Å². The molecule has 0 aromatic heterocycles. The molecule has 0 saturated carbocycles. The number of carboxylic acid groups (broad SMARTS) is 1. The highest BCUT2D eigenvalue weighted by Gasteiger charge is 2.22. The van der Waals surface area contributed by atoms with Gasteiger partial charge in [-0.25, -0.2) is 9.59 Å². The predicted octanol–water partition coefficient (Wildman–Crippen LogP) is 2.92. The van der Waals surface area contributed by atoms with Gasteiger partial charge in [-0.3, -0.25) is 4.79 Å². The lowest BCUT2D eigenvalue weighted by molar-refractivity contribution is -0.139. The van der Waals surface area contributed by atoms with Gasteiger partial charge in [0, 0.05) is 17.7 Å². The summed E-state index contributed by atoms with van der Waals surface area (Å²) in [4.78, 5) is 35.5. The normalized spacial score (nSPS) is 11.4. The Labute approximate surface area is 157 Å². The molecular weight excluding hydrogens is 348 g/mol. The van der Waals surface area contributed by atoms with Gasteiger partial charge in [0.15, 0.2) is 5.78 Å². The second-order valence-corrected chi connectivity index (χ2v) is 6.15. The molecule has 1 amide bonds. The van der Waals surface area contributed by atoms with Gasteiger partial charge in [-0.2, -0.15) is 0 Å². The minimum Gasteiger partial charge on any atom is -0.480 e. The van der Waals surface area contributed by atoms with Crippen molar-refractivity contribution in [1.29, 1.82) is 0 Å². The molecule has 0 bridgehead atoms. The summed E-state index contributed by atoms with van der Waals surface area (Å²) >= 11 is 0. The van der Waals surface area contributed by atoms with Crippen LogP contribution in [0.15, 0.2) is 48.5 Å². The smallest absolute Gasteiger partial charge is 0.408 e. The maximum absolute atomic E-state index is 12.3. The van der Waals surface area contributed by atoms with Crippen molar-refractivity contribution in [3.63, 3.8) is 0 Å². The number of alkyl carbamates (subject to hydrolysis) is 1. The van der Waals surface area contributed by atoms with E-state index in [1.165, 1.54) is 0 Å². The number of nitrogens with two attached hydrogens (primary N) is 1. The molecule has 2 aromatic rings. The Morgan fingerprint density at radius 1 is 1.15 bits per heavy atom. The molecule has 0 fully saturated rings. The summed E-state index contributed by atoms with van der Waals surface area (Å²) in [7, 11) is 0. The summed E-state index contributed by atoms with van der Waals surface area (Å²) in [6, 6.07) is 12.8. The van der Waals surface area contributed by atoms with E-state index in [4.69, 9.17) is 10.5 Å². The molecule has 7 nitrogen and oxygen atoms in total. The average Bonchev–Trinajstić information content (AvgIpc) is 2.63. The number of ether oxygens (including phenoxy) is 1. The number of nitrogens with one attached hydrogen (secondary N) is 1. The number of amides is 1. The van der Waals surface area contributed by atoms with Crippen LogP contribution in [0.25, 0.3) is 0 Å². The van der Waals surface area contributed by atoms with Crippen LogP contribution >= 0.6 is 0 Å². The Balaban J connectivity index is 1.88. The molecule has 1 atom stereocenters. The van der Waals surface area contributed by atoms with E-state index in [1.54, 1.807) is 42.5 Å². The van der Waals surface area contributed by atoms with Gasteiger partial charge in [0.05, 0.1) is 0 Å². The zero-order valence-corrected chi connectivity index (χ0v) is 15.0. The molecule has 0 heterocycles. The van der Waals surface area contributed by atoms with E-state index in [-0.39, 0.29) is 25.2 Å². The van der Waals surface area contributed by atoms with Gasteiger partial charge in [-0.15, -0.1) is 0 Å². The van der Waals surface area contributed by atoms with Crippen LogP contribution in [0.4, 0.5) is 10.5 Å². The van der Waals surface area contributed by atoms with Crippen molar-refractivity contribution in [2.45, 2.75) is 32.4 Å². The standard InChI is InChI=1S/C20H22N2O5/c1-13-7-8-15(16(21)11-13)18(23)10-9-17(19(24)25)22-20(26)27-12-14-5-3-2-4-6-14/h2-8,11,17H,9-10,12,21H2,1H3,(H,22,26)(H,24,25). The van der Waals surface area contributed by atoms with Crippen molar-refractivity contribution in [3.8, 4) is 0 Å². The number of ketones is 1. The van der Waals surface area contributed by atoms with Gasteiger partial charge in [-0.05, 0) is 36.6 Å². The summed E-state index contributed by atoms with van der Waals surface area (Å²) in [5.41, 5.74) is 8.24. The molecule has 4 N–H and O–H groups in total. The number of aryl methyl sites for hydroxylation is 1. The van der Waals surface area contributed by atoms with Crippen molar-refractivity contribution in [2.24, 2.45) is 0 Å². The maximum atomic E-state index is 12.3. The molecule has 0 aliphatic rings. The number of anilines is 1. The highest BCUT2D eigenvalue weighted by Crippen LogP contribution is 2.17. The van der Waals surface area contributed by atoms with Crippen molar-refractivity contribution in [2.75, 3.05) is 5.73 Å². The Morgan fingerprint density at radius 2 is 1.85 bits per heavy atom. The van der Waals surface area contributed by atoms with Gasteiger partial charge in [0.25, 0.3) is 0 Å². The highest BCUT2D eigenvalue weighted by molar-refractivity contribution is 6.01. The fraction of sp³-hybridized carbons (Fsp3) is 0.250. The van der Waals surface area contributed by atoms with Crippen molar-refractivity contribution < 1.29 is 24.2 Å². The third-order valence-corrected chi connectivity index (χ3v) is 3.97. The number of hydrogen-bond donors (Lipinski definition) is 3. The largest absolute Gasteiger partial charge is 0.480 e. The number of nitrogen functional groups attached to an aromatic ring is 1. The summed E-state index contributed by atoms with van der Waals surface area (Å²) in [5, 5.41) is 11.5. The van der Waals surface area contributed by atoms with E-state index in [0.29, 0.717) is 11.3 Å². The van der Waals surface area contributed by atoms with Gasteiger partial charge in [-0.1, -0.05) is 36.4 Å². The second kappa shape index (κ2) is 9.38. The van der Waals surface area contributed by atoms with Crippen LogP contribution in [0.1, 0.15) is 34.3 Å². The zero-order chi connectivity index (χ0) is 19.8. The fourth-order valence-electron chi connectivity index (χ4n) is 2.51. The molecule has 0 spiro atoms. The van der Waals surface area contributed by atoms with Crippen molar-refractivity contribution in [3.05, 3.63) is 65.2 Å². The first-order valence-electron chi connectivity index (χ1n) is 8.46. The quantitative estimate of drug-likeness (QED) is 0.486. The summed E-state index contributed by atoms with van der Waals surface area (Å²) in [5.74, 6) is -1.52. The molecule has 0 aliphatic heterocycles. The molecule has 1 unspecified atom stereocenters. The zero-order valence-electron chi connectivity index (χ0n) is 15.0. The molecule has 142 valence electrons. The molecule has 0 aliphatic carbocycles. The Hall–Kier alpha value is -3.35. The first kappa shape index (κ1) is 20.0. The fourth-order valence-corrected chi connectivity index (χ4v) is 2.51. The minimum atomic E-state index is -1.24. The Bertz CT molecular complexity index is 820. The van der Waals surface area contributed by atoms with Crippen molar-refractivity contribution >= 4 is 23.5 Å². The van der Waals surface area contributed by atoms with Crippen LogP contribution in [0.2, 0.25) is 0 Å². The SMILES string of the molecule is Cc1ccc(C(=O)CCC(NC(=O)OCc2ccccc2)C(=O)O)c(N)c1. The predicted molar refractivity (Wildman–Crippen MR) is 100 cm³/mol. The van der Waals surface area contributed by atoms with Crippen LogP contribution in [0, 0.1) is 6.92 Å². The van der Waals surface area contributed by atoms with Gasteiger partial charge < -0.3 is 20.9 Å². The van der Waals surface area contributed by atoms with Gasteiger partial charge in [0.1, 0.15) is 12.6 Å². The third-order valence-electron chi connectivity index (χ3n) is 3.97. The topological polar surface area (TPSA) is 119 Å². The summed E-state index contributed by atoms with van der Waals surface area (Å²) in [6.07, 6.45) is -0.987. The lowest BCUT2D eigenvalue weighted by Crippen LogP contribution is -2.41. The lowest BCUT2D eigenvalue weighted by Gasteiger charge is -2.14. The van der Waals surface area contributed by atoms with Crippen LogP contribution in [-0.2, 0) is 16.1 Å². The highest BCUT2D eigenvalue weighted by atomic mass is 16.5. The van der Waals surface area contributed by atoms with E-state index < -0.39 is 18.1 Å². The molecule has 2 rings (SSSR count). The van der Waals surface area contributed by atoms with E-state index >= 15 is 0 Å². The van der Waals surface area contributed by atoms with E-state index in [2.05, 4.69) is 5.32 Å². The van der Waals surface area contributed by atoms with E-state index in [9.17, 15) is 19.5 Å². The Kier molecular flexibility index (Phi) is 6.93. The van der Waals surface area contributed by atoms with Crippen LogP contribution < -0.4 is 11.1 Å². The van der Waals surface area contributed by atoms with Crippen LogP contribution in [0.3, 0.4) is 0 Å². The molecular formula is C20H22N2O5. The van der Waals surface area contributed by atoms with Gasteiger partial charge in [0.2, 0.25) is 0 Å². The third kappa shape index (κ3) is 6.14. The summed E-state index contributed by atoms with van der Waals surface area (Å²) in [6.45, 7) is 1.88. The average molecular weight is 370 g/mol. The first-order valence-corrected chi connectivity index (χ1v) is 8.46. The summed E-state index contributed by atoms with van der Waals surface area (Å²) < 4.78 is 5.01. The molecule has 7 heteroatoms. The number of hydrogen-bond acceptors (Lipinski definition) is 5. The molecule has 0 radical (unpaired) electrons. The number of carbonyl (C=O) groups is 3. The second-order valence-electron chi connectivity index (χ2n) is 6.15. The number of carbonyl (C=O) groups excluding carboxylic acids is 2. The van der Waals surface area contributed by atoms with Crippen LogP contribution in [-0.4, -0.2) is 29.0 Å². The number of aliphatic carboxylic acids is 1. The van der Waals surface area contributed by atoms with Crippen molar-refractivity contribution in [1.82, 2.24) is 5.32 Å². The maximum Gasteiger partial charge on any atom is 0.408 e. The Morgan fingerprint density at radius 3 is 2.48 bits per heavy atom. The number of carboxylic acids is 1. The van der Waals surface area contributed by atoms with E-state index in [0.717, 1.165) is 11.1 Å². The van der Waals surface area contributed by atoms with E-state index in [1.807, 2.05) is 13.0 Å². The molecule has 0 saturated heterocycles.